The highest BCUT2D eigenvalue weighted by Crippen LogP contribution is 2.16. The van der Waals surface area contributed by atoms with Crippen molar-refractivity contribution >= 4 is 11.8 Å². The summed E-state index contributed by atoms with van der Waals surface area (Å²) in [6.07, 6.45) is 0. The molecule has 0 bridgehead atoms. The van der Waals surface area contributed by atoms with E-state index in [9.17, 15) is 14.7 Å². The molecule has 102 valence electrons. The normalized spacial score (nSPS) is 19.0. The summed E-state index contributed by atoms with van der Waals surface area (Å²) < 4.78 is 5.24. The number of carbonyl (C=O) groups is 2. The monoisotopic (exact) mass is 264 g/mol. The number of amides is 2. The fourth-order valence-electron chi connectivity index (χ4n) is 2.04. The smallest absolute Gasteiger partial charge is 0.254 e. The first-order valence-electron chi connectivity index (χ1n) is 6.03. The van der Waals surface area contributed by atoms with Crippen molar-refractivity contribution in [2.45, 2.75) is 6.04 Å². The van der Waals surface area contributed by atoms with Gasteiger partial charge in [-0.3, -0.25) is 9.59 Å². The first-order valence-corrected chi connectivity index (χ1v) is 6.03. The maximum atomic E-state index is 12.4. The molecule has 0 aliphatic carbocycles. The van der Waals surface area contributed by atoms with E-state index in [0.717, 1.165) is 0 Å². The van der Waals surface area contributed by atoms with E-state index in [2.05, 4.69) is 5.32 Å². The van der Waals surface area contributed by atoms with Crippen LogP contribution in [0.1, 0.15) is 10.4 Å². The number of aromatic hydroxyl groups is 1. The van der Waals surface area contributed by atoms with Crippen molar-refractivity contribution in [1.82, 2.24) is 10.2 Å². The van der Waals surface area contributed by atoms with Crippen LogP contribution in [0.4, 0.5) is 0 Å². The second kappa shape index (κ2) is 5.71. The van der Waals surface area contributed by atoms with Crippen molar-refractivity contribution in [1.29, 1.82) is 0 Å². The van der Waals surface area contributed by atoms with Crippen molar-refractivity contribution in [3.63, 3.8) is 0 Å². The molecule has 0 spiro atoms. The molecule has 0 saturated carbocycles. The second-order valence-corrected chi connectivity index (χ2v) is 4.25. The summed E-state index contributed by atoms with van der Waals surface area (Å²) in [6, 6.07) is 5.45. The van der Waals surface area contributed by atoms with Gasteiger partial charge in [0.2, 0.25) is 5.91 Å². The average Bonchev–Trinajstić information content (AvgIpc) is 2.45. The SMILES string of the molecule is CNC(=O)C1COCCN1C(=O)c1cccc(O)c1. The molecule has 1 heterocycles. The summed E-state index contributed by atoms with van der Waals surface area (Å²) in [5.41, 5.74) is 0.357. The maximum absolute atomic E-state index is 12.4. The number of phenols is 1. The summed E-state index contributed by atoms with van der Waals surface area (Å²) in [6.45, 7) is 0.939. The highest BCUT2D eigenvalue weighted by atomic mass is 16.5. The first kappa shape index (κ1) is 13.4. The van der Waals surface area contributed by atoms with Gasteiger partial charge in [0, 0.05) is 19.2 Å². The van der Waals surface area contributed by atoms with Gasteiger partial charge in [0.05, 0.1) is 13.2 Å². The van der Waals surface area contributed by atoms with E-state index >= 15 is 0 Å². The third kappa shape index (κ3) is 2.85. The molecule has 1 unspecified atom stereocenters. The number of nitrogens with zero attached hydrogens (tertiary/aromatic N) is 1. The minimum Gasteiger partial charge on any atom is -0.508 e. The van der Waals surface area contributed by atoms with E-state index in [1.807, 2.05) is 0 Å². The van der Waals surface area contributed by atoms with E-state index < -0.39 is 6.04 Å². The minimum atomic E-state index is -0.631. The van der Waals surface area contributed by atoms with E-state index in [4.69, 9.17) is 4.74 Å². The van der Waals surface area contributed by atoms with Crippen LogP contribution in [-0.4, -0.2) is 54.7 Å². The van der Waals surface area contributed by atoms with Gasteiger partial charge in [-0.1, -0.05) is 6.07 Å². The molecular weight excluding hydrogens is 248 g/mol. The van der Waals surface area contributed by atoms with E-state index in [0.29, 0.717) is 18.7 Å². The van der Waals surface area contributed by atoms with Gasteiger partial charge < -0.3 is 20.1 Å². The molecule has 1 aromatic carbocycles. The van der Waals surface area contributed by atoms with Crippen LogP contribution in [0.3, 0.4) is 0 Å². The quantitative estimate of drug-likeness (QED) is 0.787. The Kier molecular flexibility index (Phi) is 4.01. The molecule has 6 nitrogen and oxygen atoms in total. The Labute approximate surface area is 111 Å². The van der Waals surface area contributed by atoms with Crippen molar-refractivity contribution in [2.24, 2.45) is 0 Å². The molecule has 0 aromatic heterocycles. The lowest BCUT2D eigenvalue weighted by Crippen LogP contribution is -2.55. The summed E-state index contributed by atoms with van der Waals surface area (Å²) in [5.74, 6) is -0.517. The van der Waals surface area contributed by atoms with Crippen molar-refractivity contribution in [3.05, 3.63) is 29.8 Å². The Morgan fingerprint density at radius 2 is 2.26 bits per heavy atom. The summed E-state index contributed by atoms with van der Waals surface area (Å²) >= 11 is 0. The number of benzene rings is 1. The molecule has 2 N–H and O–H groups in total. The number of morpholine rings is 1. The average molecular weight is 264 g/mol. The molecule has 0 radical (unpaired) electrons. The highest BCUT2D eigenvalue weighted by Gasteiger charge is 2.32. The molecule has 2 amide bonds. The van der Waals surface area contributed by atoms with E-state index in [1.54, 1.807) is 12.1 Å². The molecule has 1 fully saturated rings. The third-order valence-electron chi connectivity index (χ3n) is 3.03. The Morgan fingerprint density at radius 3 is 2.95 bits per heavy atom. The van der Waals surface area contributed by atoms with Crippen LogP contribution in [-0.2, 0) is 9.53 Å². The largest absolute Gasteiger partial charge is 0.508 e. The molecular formula is C13H16N2O4. The lowest BCUT2D eigenvalue weighted by Gasteiger charge is -2.34. The van der Waals surface area contributed by atoms with Gasteiger partial charge in [-0.25, -0.2) is 0 Å². The fraction of sp³-hybridized carbons (Fsp3) is 0.385. The number of carbonyl (C=O) groups excluding carboxylic acids is 2. The lowest BCUT2D eigenvalue weighted by atomic mass is 10.1. The number of phenolic OH excluding ortho intramolecular Hbond substituents is 1. The zero-order chi connectivity index (χ0) is 13.8. The fourth-order valence-corrected chi connectivity index (χ4v) is 2.04. The summed E-state index contributed by atoms with van der Waals surface area (Å²) in [5, 5.41) is 11.9. The molecule has 1 aliphatic heterocycles. The van der Waals surface area contributed by atoms with Gasteiger partial charge in [-0.05, 0) is 18.2 Å². The van der Waals surface area contributed by atoms with Gasteiger partial charge >= 0.3 is 0 Å². The van der Waals surface area contributed by atoms with Crippen LogP contribution < -0.4 is 5.32 Å². The predicted octanol–water partition coefficient (Wildman–Crippen LogP) is -0.0208. The van der Waals surface area contributed by atoms with Crippen LogP contribution in [0.25, 0.3) is 0 Å². The van der Waals surface area contributed by atoms with Gasteiger partial charge in [-0.15, -0.1) is 0 Å². The standard InChI is InChI=1S/C13H16N2O4/c1-14-12(17)11-8-19-6-5-15(11)13(18)9-3-2-4-10(16)7-9/h2-4,7,11,16H,5-6,8H2,1H3,(H,14,17). The van der Waals surface area contributed by atoms with E-state index in [-0.39, 0.29) is 24.2 Å². The van der Waals surface area contributed by atoms with Crippen molar-refractivity contribution < 1.29 is 19.4 Å². The summed E-state index contributed by atoms with van der Waals surface area (Å²) in [4.78, 5) is 25.6. The molecule has 19 heavy (non-hydrogen) atoms. The topological polar surface area (TPSA) is 78.9 Å². The number of ether oxygens (including phenoxy) is 1. The maximum Gasteiger partial charge on any atom is 0.254 e. The number of nitrogens with one attached hydrogen (secondary N) is 1. The lowest BCUT2D eigenvalue weighted by molar-refractivity contribution is -0.130. The van der Waals surface area contributed by atoms with Gasteiger partial charge in [0.1, 0.15) is 11.8 Å². The number of hydrogen-bond donors (Lipinski definition) is 2. The van der Waals surface area contributed by atoms with E-state index in [1.165, 1.54) is 24.1 Å². The molecule has 1 aliphatic rings. The van der Waals surface area contributed by atoms with Crippen LogP contribution in [0.2, 0.25) is 0 Å². The Bertz CT molecular complexity index is 489. The van der Waals surface area contributed by atoms with Crippen molar-refractivity contribution in [2.75, 3.05) is 26.8 Å². The Hall–Kier alpha value is -2.08. The molecule has 1 aromatic rings. The van der Waals surface area contributed by atoms with Crippen molar-refractivity contribution in [3.8, 4) is 5.75 Å². The third-order valence-corrected chi connectivity index (χ3v) is 3.03. The molecule has 1 atom stereocenters. The zero-order valence-corrected chi connectivity index (χ0v) is 10.6. The Balaban J connectivity index is 2.22. The van der Waals surface area contributed by atoms with Crippen LogP contribution >= 0.6 is 0 Å². The molecule has 6 heteroatoms. The minimum absolute atomic E-state index is 0.0237. The van der Waals surface area contributed by atoms with Gasteiger partial charge in [-0.2, -0.15) is 0 Å². The van der Waals surface area contributed by atoms with Gasteiger partial charge in [0.25, 0.3) is 5.91 Å². The molecule has 1 saturated heterocycles. The highest BCUT2D eigenvalue weighted by molar-refractivity contribution is 5.98. The van der Waals surface area contributed by atoms with Crippen LogP contribution in [0, 0.1) is 0 Å². The van der Waals surface area contributed by atoms with Gasteiger partial charge in [0.15, 0.2) is 0 Å². The zero-order valence-electron chi connectivity index (χ0n) is 10.6. The first-order chi connectivity index (χ1) is 9.13. The second-order valence-electron chi connectivity index (χ2n) is 4.25. The van der Waals surface area contributed by atoms with Crippen LogP contribution in [0.15, 0.2) is 24.3 Å². The number of rotatable bonds is 2. The number of hydrogen-bond acceptors (Lipinski definition) is 4. The van der Waals surface area contributed by atoms with Crippen LogP contribution in [0.5, 0.6) is 5.75 Å². The predicted molar refractivity (Wildman–Crippen MR) is 67.8 cm³/mol. The number of likely N-dealkylation sites (N-methyl/N-ethyl adjacent to an activating group) is 1. The molecule has 2 rings (SSSR count). The summed E-state index contributed by atoms with van der Waals surface area (Å²) in [7, 11) is 1.52. The Morgan fingerprint density at radius 1 is 1.47 bits per heavy atom.